The van der Waals surface area contributed by atoms with Crippen molar-refractivity contribution < 1.29 is 5.11 Å². The van der Waals surface area contributed by atoms with Crippen LogP contribution in [0, 0.1) is 5.92 Å². The SMILES string of the molecule is NC1Cc2ccccc2N(CC(O)CC2CCCC2)C1. The first-order valence-corrected chi connectivity index (χ1v) is 7.99. The maximum Gasteiger partial charge on any atom is 0.0717 e. The highest BCUT2D eigenvalue weighted by Crippen LogP contribution is 2.30. The third-order valence-corrected chi connectivity index (χ3v) is 4.78. The summed E-state index contributed by atoms with van der Waals surface area (Å²) < 4.78 is 0. The Bertz CT molecular complexity index is 442. The number of hydrogen-bond acceptors (Lipinski definition) is 3. The van der Waals surface area contributed by atoms with Crippen molar-refractivity contribution >= 4 is 5.69 Å². The van der Waals surface area contributed by atoms with Crippen LogP contribution in [-0.4, -0.2) is 30.3 Å². The molecule has 3 rings (SSSR count). The molecule has 0 amide bonds. The summed E-state index contributed by atoms with van der Waals surface area (Å²) in [6.07, 6.45) is 6.96. The van der Waals surface area contributed by atoms with E-state index in [0.717, 1.165) is 31.8 Å². The van der Waals surface area contributed by atoms with E-state index in [-0.39, 0.29) is 12.1 Å². The number of benzene rings is 1. The van der Waals surface area contributed by atoms with E-state index in [1.807, 2.05) is 0 Å². The van der Waals surface area contributed by atoms with Crippen molar-refractivity contribution in [1.29, 1.82) is 0 Å². The normalized spacial score (nSPS) is 24.7. The first kappa shape index (κ1) is 13.9. The minimum atomic E-state index is -0.226. The van der Waals surface area contributed by atoms with Gasteiger partial charge in [-0.1, -0.05) is 43.9 Å². The number of fused-ring (bicyclic) bond motifs is 1. The Balaban J connectivity index is 1.64. The molecule has 3 nitrogen and oxygen atoms in total. The number of anilines is 1. The van der Waals surface area contributed by atoms with E-state index in [4.69, 9.17) is 5.73 Å². The molecule has 1 heterocycles. The fourth-order valence-electron chi connectivity index (χ4n) is 3.85. The average Bonchev–Trinajstić information content (AvgIpc) is 2.91. The second-order valence-corrected chi connectivity index (χ2v) is 6.54. The van der Waals surface area contributed by atoms with Crippen molar-refractivity contribution in [3.63, 3.8) is 0 Å². The van der Waals surface area contributed by atoms with Crippen LogP contribution in [-0.2, 0) is 6.42 Å². The quantitative estimate of drug-likeness (QED) is 0.886. The zero-order chi connectivity index (χ0) is 13.9. The first-order valence-electron chi connectivity index (χ1n) is 7.99. The highest BCUT2D eigenvalue weighted by Gasteiger charge is 2.25. The number of rotatable bonds is 4. The molecule has 3 heteroatoms. The monoisotopic (exact) mass is 274 g/mol. The Hall–Kier alpha value is -1.06. The van der Waals surface area contributed by atoms with Gasteiger partial charge in [0.2, 0.25) is 0 Å². The smallest absolute Gasteiger partial charge is 0.0717 e. The summed E-state index contributed by atoms with van der Waals surface area (Å²) in [5.74, 6) is 0.735. The zero-order valence-electron chi connectivity index (χ0n) is 12.2. The Morgan fingerprint density at radius 1 is 1.25 bits per heavy atom. The molecule has 0 saturated heterocycles. The molecule has 2 unspecified atom stereocenters. The predicted octanol–water partition coefficient (Wildman–Crippen LogP) is 2.32. The van der Waals surface area contributed by atoms with Crippen molar-refractivity contribution in [3.05, 3.63) is 29.8 Å². The largest absolute Gasteiger partial charge is 0.391 e. The van der Waals surface area contributed by atoms with Crippen LogP contribution in [0.5, 0.6) is 0 Å². The van der Waals surface area contributed by atoms with E-state index in [9.17, 15) is 5.11 Å². The Morgan fingerprint density at radius 2 is 2.00 bits per heavy atom. The highest BCUT2D eigenvalue weighted by molar-refractivity contribution is 5.56. The van der Waals surface area contributed by atoms with Gasteiger partial charge in [0.15, 0.2) is 0 Å². The minimum absolute atomic E-state index is 0.184. The second kappa shape index (κ2) is 6.15. The molecule has 1 aromatic rings. The van der Waals surface area contributed by atoms with E-state index >= 15 is 0 Å². The molecule has 1 aromatic carbocycles. The van der Waals surface area contributed by atoms with Crippen LogP contribution in [0.3, 0.4) is 0 Å². The van der Waals surface area contributed by atoms with Crippen molar-refractivity contribution in [3.8, 4) is 0 Å². The van der Waals surface area contributed by atoms with Gasteiger partial charge in [-0.2, -0.15) is 0 Å². The van der Waals surface area contributed by atoms with Crippen LogP contribution in [0.15, 0.2) is 24.3 Å². The third-order valence-electron chi connectivity index (χ3n) is 4.78. The van der Waals surface area contributed by atoms with Crippen LogP contribution in [0.1, 0.15) is 37.7 Å². The molecule has 1 aliphatic heterocycles. The molecule has 1 saturated carbocycles. The second-order valence-electron chi connectivity index (χ2n) is 6.54. The molecule has 20 heavy (non-hydrogen) atoms. The zero-order valence-corrected chi connectivity index (χ0v) is 12.2. The van der Waals surface area contributed by atoms with Gasteiger partial charge >= 0.3 is 0 Å². The van der Waals surface area contributed by atoms with Gasteiger partial charge in [-0.15, -0.1) is 0 Å². The molecule has 2 atom stereocenters. The summed E-state index contributed by atoms with van der Waals surface area (Å²) in [6.45, 7) is 1.58. The number of β-amino-alcohol motifs (C(OH)–C–C–N with tert-alkyl or cyclic N) is 1. The van der Waals surface area contributed by atoms with Crippen LogP contribution in [0.4, 0.5) is 5.69 Å². The van der Waals surface area contributed by atoms with Crippen LogP contribution in [0.2, 0.25) is 0 Å². The lowest BCUT2D eigenvalue weighted by atomic mass is 9.96. The van der Waals surface area contributed by atoms with Crippen molar-refractivity contribution in [2.24, 2.45) is 11.7 Å². The molecule has 110 valence electrons. The fraction of sp³-hybridized carbons (Fsp3) is 0.647. The Labute approximate surface area is 121 Å². The molecular weight excluding hydrogens is 248 g/mol. The maximum atomic E-state index is 10.4. The molecule has 3 N–H and O–H groups in total. The molecule has 0 bridgehead atoms. The number of nitrogens with two attached hydrogens (primary N) is 1. The number of aliphatic hydroxyl groups is 1. The van der Waals surface area contributed by atoms with E-state index in [1.165, 1.54) is 36.9 Å². The van der Waals surface area contributed by atoms with E-state index in [1.54, 1.807) is 0 Å². The van der Waals surface area contributed by atoms with Gasteiger partial charge in [0.25, 0.3) is 0 Å². The number of aliphatic hydroxyl groups excluding tert-OH is 1. The summed E-state index contributed by atoms with van der Waals surface area (Å²) in [5.41, 5.74) is 8.74. The van der Waals surface area contributed by atoms with E-state index < -0.39 is 0 Å². The van der Waals surface area contributed by atoms with Gasteiger partial charge in [-0.25, -0.2) is 0 Å². The number of nitrogens with zero attached hydrogens (tertiary/aromatic N) is 1. The lowest BCUT2D eigenvalue weighted by molar-refractivity contribution is 0.147. The molecule has 1 aliphatic carbocycles. The minimum Gasteiger partial charge on any atom is -0.391 e. The van der Waals surface area contributed by atoms with Gasteiger partial charge in [0.1, 0.15) is 0 Å². The van der Waals surface area contributed by atoms with Gasteiger partial charge in [0.05, 0.1) is 6.10 Å². The van der Waals surface area contributed by atoms with E-state index in [0.29, 0.717) is 0 Å². The Kier molecular flexibility index (Phi) is 4.27. The van der Waals surface area contributed by atoms with Gasteiger partial charge < -0.3 is 15.7 Å². The molecule has 2 aliphatic rings. The molecule has 1 fully saturated rings. The number of hydrogen-bond donors (Lipinski definition) is 2. The molecular formula is C17H26N2O. The van der Waals surface area contributed by atoms with Crippen LogP contribution < -0.4 is 10.6 Å². The summed E-state index contributed by atoms with van der Waals surface area (Å²) in [7, 11) is 0. The fourth-order valence-corrected chi connectivity index (χ4v) is 3.85. The molecule has 0 aromatic heterocycles. The topological polar surface area (TPSA) is 49.5 Å². The summed E-state index contributed by atoms with van der Waals surface area (Å²) in [5, 5.41) is 10.4. The summed E-state index contributed by atoms with van der Waals surface area (Å²) in [6, 6.07) is 8.65. The number of para-hydroxylation sites is 1. The van der Waals surface area contributed by atoms with Crippen LogP contribution >= 0.6 is 0 Å². The highest BCUT2D eigenvalue weighted by atomic mass is 16.3. The summed E-state index contributed by atoms with van der Waals surface area (Å²) >= 11 is 0. The average molecular weight is 274 g/mol. The Morgan fingerprint density at radius 3 is 2.80 bits per heavy atom. The standard InChI is InChI=1S/C17H26N2O/c18-15-10-14-7-3-4-8-17(14)19(11-15)12-16(20)9-13-5-1-2-6-13/h3-4,7-8,13,15-16,20H,1-2,5-6,9-12,18H2. The molecule has 0 radical (unpaired) electrons. The first-order chi connectivity index (χ1) is 9.72. The van der Waals surface area contributed by atoms with Gasteiger partial charge in [0, 0.05) is 24.8 Å². The lowest BCUT2D eigenvalue weighted by Gasteiger charge is -2.36. The van der Waals surface area contributed by atoms with E-state index in [2.05, 4.69) is 29.2 Å². The van der Waals surface area contributed by atoms with Crippen molar-refractivity contribution in [2.75, 3.05) is 18.0 Å². The van der Waals surface area contributed by atoms with Gasteiger partial charge in [-0.3, -0.25) is 0 Å². The summed E-state index contributed by atoms with van der Waals surface area (Å²) in [4.78, 5) is 2.28. The predicted molar refractivity (Wildman–Crippen MR) is 82.9 cm³/mol. The van der Waals surface area contributed by atoms with Crippen LogP contribution in [0.25, 0.3) is 0 Å². The maximum absolute atomic E-state index is 10.4. The van der Waals surface area contributed by atoms with Crippen molar-refractivity contribution in [1.82, 2.24) is 0 Å². The van der Waals surface area contributed by atoms with Crippen molar-refractivity contribution in [2.45, 2.75) is 50.7 Å². The molecule has 0 spiro atoms. The van der Waals surface area contributed by atoms with Gasteiger partial charge in [-0.05, 0) is 30.4 Å². The lowest BCUT2D eigenvalue weighted by Crippen LogP contribution is -2.46. The third kappa shape index (κ3) is 3.15.